The van der Waals surface area contributed by atoms with Crippen LogP contribution in [-0.2, 0) is 16.0 Å². The van der Waals surface area contributed by atoms with Gasteiger partial charge in [-0.15, -0.1) is 23.1 Å². The van der Waals surface area contributed by atoms with Crippen LogP contribution in [0.2, 0.25) is 0 Å². The van der Waals surface area contributed by atoms with E-state index in [0.29, 0.717) is 5.56 Å². The highest BCUT2D eigenvalue weighted by Crippen LogP contribution is 2.41. The number of carboxylic acids is 1. The summed E-state index contributed by atoms with van der Waals surface area (Å²) in [6.45, 7) is 5.33. The first-order chi connectivity index (χ1) is 15.6. The smallest absolute Gasteiger partial charge is 0.335 e. The molecule has 0 aliphatic carbocycles. The third kappa shape index (κ3) is 5.62. The molecule has 2 aromatic rings. The number of thioether (sulfide) groups is 1. The molecule has 1 saturated heterocycles. The lowest BCUT2D eigenvalue weighted by molar-refractivity contribution is -0.151. The third-order valence-corrected chi connectivity index (χ3v) is 7.48. The minimum Gasteiger partial charge on any atom is -0.478 e. The summed E-state index contributed by atoms with van der Waals surface area (Å²) in [4.78, 5) is 37.0. The molecular weight excluding hydrogens is 470 g/mol. The maximum absolute atomic E-state index is 12.9. The first-order valence-electron chi connectivity index (χ1n) is 10.2. The number of benzene rings is 1. The number of nitrogens with one attached hydrogen (secondary N) is 1. The number of fused-ring (bicyclic) bond motifs is 1. The second-order valence-corrected chi connectivity index (χ2v) is 9.81. The Hall–Kier alpha value is -2.72. The van der Waals surface area contributed by atoms with Gasteiger partial charge in [-0.25, -0.2) is 13.6 Å². The maximum atomic E-state index is 12.9. The summed E-state index contributed by atoms with van der Waals surface area (Å²) in [6, 6.07) is 7.76. The molecule has 4 rings (SSSR count). The van der Waals surface area contributed by atoms with Crippen molar-refractivity contribution in [3.63, 3.8) is 0 Å². The molecule has 2 aliphatic heterocycles. The first kappa shape index (κ1) is 24.9. The van der Waals surface area contributed by atoms with E-state index in [1.807, 2.05) is 30.5 Å². The zero-order valence-corrected chi connectivity index (χ0v) is 19.9. The summed E-state index contributed by atoms with van der Waals surface area (Å²) >= 11 is 2.64. The van der Waals surface area contributed by atoms with E-state index in [0.717, 1.165) is 16.0 Å². The minimum atomic E-state index is -2.57. The Morgan fingerprint density at radius 3 is 2.55 bits per heavy atom. The van der Waals surface area contributed by atoms with Crippen molar-refractivity contribution < 1.29 is 28.3 Å². The van der Waals surface area contributed by atoms with Gasteiger partial charge in [-0.3, -0.25) is 9.59 Å². The number of hydrogen-bond donors (Lipinski definition) is 2. The summed E-state index contributed by atoms with van der Waals surface area (Å²) < 4.78 is 25.7. The van der Waals surface area contributed by atoms with E-state index in [1.54, 1.807) is 26.0 Å². The molecular formula is C23H24F2N2O4S2. The van der Waals surface area contributed by atoms with Gasteiger partial charge in [0.2, 0.25) is 11.8 Å². The third-order valence-electron chi connectivity index (χ3n) is 5.42. The quantitative estimate of drug-likeness (QED) is 0.608. The van der Waals surface area contributed by atoms with Gasteiger partial charge in [0.1, 0.15) is 11.4 Å². The van der Waals surface area contributed by atoms with Gasteiger partial charge < -0.3 is 15.3 Å². The zero-order valence-electron chi connectivity index (χ0n) is 18.2. The number of nitrogens with zero attached hydrogens (tertiary/aromatic N) is 1. The maximum Gasteiger partial charge on any atom is 0.335 e. The highest BCUT2D eigenvalue weighted by atomic mass is 32.2. The summed E-state index contributed by atoms with van der Waals surface area (Å²) in [5, 5.41) is 14.4. The van der Waals surface area contributed by atoms with Gasteiger partial charge in [-0.05, 0) is 49.3 Å². The fourth-order valence-electron chi connectivity index (χ4n) is 3.67. The van der Waals surface area contributed by atoms with Crippen LogP contribution in [0, 0.1) is 13.8 Å². The Morgan fingerprint density at radius 1 is 1.24 bits per heavy atom. The second-order valence-electron chi connectivity index (χ2n) is 7.79. The molecule has 0 spiro atoms. The van der Waals surface area contributed by atoms with E-state index >= 15 is 0 Å². The van der Waals surface area contributed by atoms with Gasteiger partial charge in [0.15, 0.2) is 0 Å². The number of alkyl halides is 2. The standard InChI is InChI=1S/C14H14F2N2O2S2.C9H10O2/c1-7-9(12(15)16)6-22-14-11(13(20)18(7)14)17-10(19)5-8-3-2-4-21-8;1-6-3-4-8(9(10)11)7(2)5-6/h2-4,6-7,11-12,14H,5H2,1H3,(H,17,19);3-5H,1-2H3,(H,10,11)/t7?,11?,14-;/m0./s1. The number of carbonyl (C=O) groups excluding carboxylic acids is 2. The molecule has 176 valence electrons. The normalized spacial score (nSPS) is 21.4. The summed E-state index contributed by atoms with van der Waals surface area (Å²) in [5.41, 5.74) is 2.25. The van der Waals surface area contributed by atoms with Crippen LogP contribution in [0.15, 0.2) is 46.7 Å². The van der Waals surface area contributed by atoms with Crippen molar-refractivity contribution in [3.8, 4) is 0 Å². The highest BCUT2D eigenvalue weighted by Gasteiger charge is 2.53. The predicted octanol–water partition coefficient (Wildman–Crippen LogP) is 4.23. The second kappa shape index (κ2) is 10.5. The molecule has 2 amide bonds. The molecule has 2 aliphatic rings. The average molecular weight is 495 g/mol. The molecule has 0 saturated carbocycles. The van der Waals surface area contributed by atoms with Crippen LogP contribution in [0.25, 0.3) is 0 Å². The van der Waals surface area contributed by atoms with E-state index in [4.69, 9.17) is 5.11 Å². The monoisotopic (exact) mass is 494 g/mol. The van der Waals surface area contributed by atoms with Crippen LogP contribution in [0.4, 0.5) is 8.78 Å². The van der Waals surface area contributed by atoms with Crippen LogP contribution >= 0.6 is 23.1 Å². The van der Waals surface area contributed by atoms with Crippen LogP contribution < -0.4 is 5.32 Å². The SMILES string of the molecule is CC1C(C(F)F)=CS[C@H]2C(NC(=O)Cc3cccs3)C(=O)N12.Cc1ccc(C(=O)O)c(C)c1. The number of rotatable bonds is 5. The number of carbonyl (C=O) groups is 3. The fourth-order valence-corrected chi connectivity index (χ4v) is 5.72. The minimum absolute atomic E-state index is 0.0436. The molecule has 0 radical (unpaired) electrons. The number of β-lactam (4-membered cyclic amide) rings is 1. The van der Waals surface area contributed by atoms with Gasteiger partial charge in [0, 0.05) is 10.5 Å². The van der Waals surface area contributed by atoms with Gasteiger partial charge in [-0.1, -0.05) is 23.8 Å². The molecule has 1 aromatic heterocycles. The average Bonchev–Trinajstić information content (AvgIpc) is 3.24. The van der Waals surface area contributed by atoms with Crippen molar-refractivity contribution in [2.75, 3.05) is 0 Å². The van der Waals surface area contributed by atoms with Gasteiger partial charge >= 0.3 is 5.97 Å². The predicted molar refractivity (Wildman–Crippen MR) is 125 cm³/mol. The van der Waals surface area contributed by atoms with Crippen molar-refractivity contribution in [2.45, 2.75) is 51.1 Å². The van der Waals surface area contributed by atoms with Crippen molar-refractivity contribution in [2.24, 2.45) is 0 Å². The van der Waals surface area contributed by atoms with E-state index in [2.05, 4.69) is 5.32 Å². The van der Waals surface area contributed by atoms with Crippen LogP contribution in [0.5, 0.6) is 0 Å². The molecule has 33 heavy (non-hydrogen) atoms. The lowest BCUT2D eigenvalue weighted by atomic mass is 9.99. The van der Waals surface area contributed by atoms with E-state index in [1.165, 1.54) is 33.4 Å². The molecule has 3 atom stereocenters. The number of aromatic carboxylic acids is 1. The number of hydrogen-bond acceptors (Lipinski definition) is 5. The Morgan fingerprint density at radius 2 is 1.97 bits per heavy atom. The largest absolute Gasteiger partial charge is 0.478 e. The molecule has 3 heterocycles. The lowest BCUT2D eigenvalue weighted by Crippen LogP contribution is -2.72. The van der Waals surface area contributed by atoms with Crippen molar-refractivity contribution in [1.29, 1.82) is 0 Å². The van der Waals surface area contributed by atoms with Crippen LogP contribution in [0.3, 0.4) is 0 Å². The van der Waals surface area contributed by atoms with Gasteiger partial charge in [-0.2, -0.15) is 0 Å². The fraction of sp³-hybridized carbons (Fsp3) is 0.348. The molecule has 0 bridgehead atoms. The van der Waals surface area contributed by atoms with E-state index in [9.17, 15) is 23.2 Å². The Balaban J connectivity index is 0.000000235. The van der Waals surface area contributed by atoms with Crippen molar-refractivity contribution >= 4 is 40.9 Å². The zero-order chi connectivity index (χ0) is 24.3. The molecule has 2 unspecified atom stereocenters. The number of halogens is 2. The van der Waals surface area contributed by atoms with E-state index in [-0.39, 0.29) is 29.2 Å². The molecule has 10 heteroatoms. The number of amides is 2. The Bertz CT molecular complexity index is 1070. The summed E-state index contributed by atoms with van der Waals surface area (Å²) in [6.07, 6.45) is -2.34. The summed E-state index contributed by atoms with van der Waals surface area (Å²) in [5.74, 6) is -1.38. The molecule has 6 nitrogen and oxygen atoms in total. The lowest BCUT2D eigenvalue weighted by Gasteiger charge is -2.51. The molecule has 1 fully saturated rings. The number of aryl methyl sites for hydroxylation is 2. The number of thiophene rings is 1. The Labute approximate surface area is 198 Å². The van der Waals surface area contributed by atoms with Crippen molar-refractivity contribution in [1.82, 2.24) is 10.2 Å². The van der Waals surface area contributed by atoms with Crippen molar-refractivity contribution in [3.05, 3.63) is 68.3 Å². The molecule has 2 N–H and O–H groups in total. The first-order valence-corrected chi connectivity index (χ1v) is 12.0. The van der Waals surface area contributed by atoms with Gasteiger partial charge in [0.05, 0.1) is 18.0 Å². The summed E-state index contributed by atoms with van der Waals surface area (Å²) in [7, 11) is 0. The number of carboxylic acid groups (broad SMARTS) is 1. The topological polar surface area (TPSA) is 86.7 Å². The van der Waals surface area contributed by atoms with Crippen LogP contribution in [0.1, 0.15) is 33.3 Å². The van der Waals surface area contributed by atoms with E-state index < -0.39 is 24.5 Å². The van der Waals surface area contributed by atoms with Crippen LogP contribution in [-0.4, -0.2) is 51.7 Å². The Kier molecular flexibility index (Phi) is 7.91. The molecule has 1 aromatic carbocycles. The van der Waals surface area contributed by atoms with Gasteiger partial charge in [0.25, 0.3) is 6.43 Å². The highest BCUT2D eigenvalue weighted by molar-refractivity contribution is 8.02.